The van der Waals surface area contributed by atoms with Crippen LogP contribution in [0.15, 0.2) is 36.4 Å². The third-order valence-electron chi connectivity index (χ3n) is 4.61. The number of carbonyl (C=O) groups is 1. The Hall–Kier alpha value is -2.97. The third kappa shape index (κ3) is 3.69. The predicted molar refractivity (Wildman–Crippen MR) is 111 cm³/mol. The van der Waals surface area contributed by atoms with E-state index in [1.165, 1.54) is 0 Å². The highest BCUT2D eigenvalue weighted by atomic mass is 35.5. The van der Waals surface area contributed by atoms with Gasteiger partial charge in [-0.15, -0.1) is 0 Å². The van der Waals surface area contributed by atoms with Crippen LogP contribution in [0.2, 0.25) is 5.15 Å². The van der Waals surface area contributed by atoms with Crippen LogP contribution in [-0.4, -0.2) is 46.5 Å². The summed E-state index contributed by atoms with van der Waals surface area (Å²) in [6, 6.07) is 10.6. The molecule has 9 heteroatoms. The molecule has 3 aromatic rings. The number of hydrogen-bond donors (Lipinski definition) is 3. The second kappa shape index (κ2) is 7.57. The van der Waals surface area contributed by atoms with Gasteiger partial charge in [-0.05, 0) is 36.8 Å². The summed E-state index contributed by atoms with van der Waals surface area (Å²) in [7, 11) is 0. The fraction of sp³-hybridized carbons (Fsp3) is 0.263. The first-order chi connectivity index (χ1) is 13.5. The highest BCUT2D eigenvalue weighted by Gasteiger charge is 2.31. The largest absolute Gasteiger partial charge is 0.368 e. The van der Waals surface area contributed by atoms with Gasteiger partial charge in [0.15, 0.2) is 5.82 Å². The second-order valence-electron chi connectivity index (χ2n) is 6.68. The topological polar surface area (TPSA) is 109 Å². The van der Waals surface area contributed by atoms with Gasteiger partial charge in [0.05, 0.1) is 5.52 Å². The zero-order chi connectivity index (χ0) is 19.7. The molecule has 1 aliphatic heterocycles. The average molecular weight is 398 g/mol. The molecule has 1 aliphatic rings. The predicted octanol–water partition coefficient (Wildman–Crippen LogP) is 1.99. The van der Waals surface area contributed by atoms with Gasteiger partial charge in [0.2, 0.25) is 11.9 Å². The first-order valence-electron chi connectivity index (χ1n) is 8.96. The van der Waals surface area contributed by atoms with Crippen molar-refractivity contribution in [3.63, 3.8) is 0 Å². The number of anilines is 3. The van der Waals surface area contributed by atoms with Crippen molar-refractivity contribution in [3.8, 4) is 0 Å². The number of rotatable bonds is 3. The Balaban J connectivity index is 1.70. The number of nitrogen functional groups attached to an aromatic ring is 1. The van der Waals surface area contributed by atoms with Crippen molar-refractivity contribution in [2.45, 2.75) is 13.0 Å². The van der Waals surface area contributed by atoms with Crippen molar-refractivity contribution in [2.24, 2.45) is 0 Å². The molecule has 28 heavy (non-hydrogen) atoms. The Kier molecular flexibility index (Phi) is 4.97. The highest BCUT2D eigenvalue weighted by molar-refractivity contribution is 6.29. The lowest BCUT2D eigenvalue weighted by molar-refractivity contribution is -0.117. The summed E-state index contributed by atoms with van der Waals surface area (Å²) in [5.41, 5.74) is 8.84. The van der Waals surface area contributed by atoms with Gasteiger partial charge in [0.25, 0.3) is 0 Å². The molecular weight excluding hydrogens is 378 g/mol. The molecule has 4 N–H and O–H groups in total. The van der Waals surface area contributed by atoms with Gasteiger partial charge in [-0.2, -0.15) is 4.98 Å². The van der Waals surface area contributed by atoms with Crippen LogP contribution in [0.3, 0.4) is 0 Å². The summed E-state index contributed by atoms with van der Waals surface area (Å²) < 4.78 is 0. The molecule has 144 valence electrons. The van der Waals surface area contributed by atoms with Crippen molar-refractivity contribution in [2.75, 3.05) is 35.6 Å². The van der Waals surface area contributed by atoms with Crippen LogP contribution in [0, 0.1) is 6.92 Å². The molecule has 0 spiro atoms. The molecule has 1 atom stereocenters. The number of fused-ring (bicyclic) bond motifs is 1. The number of hydrogen-bond acceptors (Lipinski definition) is 7. The van der Waals surface area contributed by atoms with Gasteiger partial charge in [-0.25, -0.2) is 9.97 Å². The summed E-state index contributed by atoms with van der Waals surface area (Å²) in [6.07, 6.45) is 0. The molecule has 0 aliphatic carbocycles. The maximum Gasteiger partial charge on any atom is 0.248 e. The lowest BCUT2D eigenvalue weighted by atomic mass is 10.1. The third-order valence-corrected chi connectivity index (χ3v) is 4.82. The quantitative estimate of drug-likeness (QED) is 0.580. The lowest BCUT2D eigenvalue weighted by Gasteiger charge is -2.36. The molecular formula is C19H20ClN7O. The van der Waals surface area contributed by atoms with Gasteiger partial charge < -0.3 is 21.3 Å². The molecule has 4 rings (SSSR count). The first-order valence-corrected chi connectivity index (χ1v) is 9.34. The number of benzene rings is 1. The van der Waals surface area contributed by atoms with E-state index in [2.05, 4.69) is 25.6 Å². The van der Waals surface area contributed by atoms with Crippen LogP contribution in [0.25, 0.3) is 11.0 Å². The molecule has 1 fully saturated rings. The van der Waals surface area contributed by atoms with Crippen molar-refractivity contribution in [1.82, 2.24) is 20.3 Å². The van der Waals surface area contributed by atoms with E-state index in [0.29, 0.717) is 41.6 Å². The Morgan fingerprint density at radius 3 is 2.96 bits per heavy atom. The molecule has 0 saturated carbocycles. The zero-order valence-electron chi connectivity index (χ0n) is 15.3. The van der Waals surface area contributed by atoms with Gasteiger partial charge >= 0.3 is 0 Å². The van der Waals surface area contributed by atoms with Gasteiger partial charge in [-0.1, -0.05) is 23.7 Å². The number of aromatic nitrogens is 3. The SMILES string of the molecule is Cc1cccc(NC(=O)C2CNCCN2c2nc(N)nc3ccc(Cl)nc23)c1. The minimum Gasteiger partial charge on any atom is -0.368 e. The van der Waals surface area contributed by atoms with E-state index in [-0.39, 0.29) is 11.9 Å². The van der Waals surface area contributed by atoms with Gasteiger partial charge in [0.1, 0.15) is 16.7 Å². The Morgan fingerprint density at radius 2 is 2.14 bits per heavy atom. The number of carbonyl (C=O) groups excluding carboxylic acids is 1. The van der Waals surface area contributed by atoms with Crippen molar-refractivity contribution < 1.29 is 4.79 Å². The Bertz CT molecular complexity index is 1040. The fourth-order valence-corrected chi connectivity index (χ4v) is 3.48. The average Bonchev–Trinajstić information content (AvgIpc) is 2.68. The van der Waals surface area contributed by atoms with Crippen LogP contribution >= 0.6 is 11.6 Å². The number of piperazine rings is 1. The number of amides is 1. The molecule has 3 heterocycles. The van der Waals surface area contributed by atoms with E-state index >= 15 is 0 Å². The standard InChI is InChI=1S/C19H20ClN7O/c1-11-3-2-4-12(9-11)23-18(28)14-10-22-7-8-27(14)17-16-13(24-19(21)26-17)5-6-15(20)25-16/h2-6,9,14,22H,7-8,10H2,1H3,(H,23,28)(H2,21,24,26). The number of halogens is 1. The first kappa shape index (κ1) is 18.4. The molecule has 2 aromatic heterocycles. The minimum absolute atomic E-state index is 0.128. The van der Waals surface area contributed by atoms with E-state index in [0.717, 1.165) is 11.3 Å². The number of nitrogens with zero attached hydrogens (tertiary/aromatic N) is 4. The Morgan fingerprint density at radius 1 is 1.29 bits per heavy atom. The second-order valence-corrected chi connectivity index (χ2v) is 7.07. The zero-order valence-corrected chi connectivity index (χ0v) is 16.1. The van der Waals surface area contributed by atoms with Crippen LogP contribution in [-0.2, 0) is 4.79 Å². The molecule has 1 aromatic carbocycles. The molecule has 0 radical (unpaired) electrons. The van der Waals surface area contributed by atoms with Crippen molar-refractivity contribution >= 4 is 46.0 Å². The summed E-state index contributed by atoms with van der Waals surface area (Å²) in [5, 5.41) is 6.58. The Labute approximate surface area is 167 Å². The lowest BCUT2D eigenvalue weighted by Crippen LogP contribution is -2.57. The van der Waals surface area contributed by atoms with Crippen LogP contribution in [0.5, 0.6) is 0 Å². The molecule has 1 amide bonds. The monoisotopic (exact) mass is 397 g/mol. The summed E-state index contributed by atoms with van der Waals surface area (Å²) in [4.78, 5) is 27.9. The van der Waals surface area contributed by atoms with Gasteiger partial charge in [-0.3, -0.25) is 4.79 Å². The van der Waals surface area contributed by atoms with E-state index in [4.69, 9.17) is 17.3 Å². The molecule has 1 unspecified atom stereocenters. The van der Waals surface area contributed by atoms with E-state index in [9.17, 15) is 4.79 Å². The van der Waals surface area contributed by atoms with E-state index in [1.807, 2.05) is 36.1 Å². The smallest absolute Gasteiger partial charge is 0.248 e. The maximum absolute atomic E-state index is 13.0. The van der Waals surface area contributed by atoms with Gasteiger partial charge in [0, 0.05) is 25.3 Å². The summed E-state index contributed by atoms with van der Waals surface area (Å²) in [5.74, 6) is 0.504. The van der Waals surface area contributed by atoms with Crippen molar-refractivity contribution in [3.05, 3.63) is 47.1 Å². The number of aryl methyl sites for hydroxylation is 1. The summed E-state index contributed by atoms with van der Waals surface area (Å²) >= 11 is 6.08. The van der Waals surface area contributed by atoms with Crippen LogP contribution in [0.4, 0.5) is 17.5 Å². The molecule has 8 nitrogen and oxygen atoms in total. The maximum atomic E-state index is 13.0. The van der Waals surface area contributed by atoms with E-state index in [1.54, 1.807) is 12.1 Å². The molecule has 1 saturated heterocycles. The van der Waals surface area contributed by atoms with E-state index < -0.39 is 6.04 Å². The number of nitrogens with one attached hydrogen (secondary N) is 2. The minimum atomic E-state index is -0.479. The van der Waals surface area contributed by atoms with Crippen molar-refractivity contribution in [1.29, 1.82) is 0 Å². The van der Waals surface area contributed by atoms with Crippen LogP contribution in [0.1, 0.15) is 5.56 Å². The fourth-order valence-electron chi connectivity index (χ4n) is 3.33. The molecule has 0 bridgehead atoms. The normalized spacial score (nSPS) is 16.9. The summed E-state index contributed by atoms with van der Waals surface area (Å²) in [6.45, 7) is 3.74. The number of pyridine rings is 1. The number of nitrogens with two attached hydrogens (primary N) is 1. The highest BCUT2D eigenvalue weighted by Crippen LogP contribution is 2.27. The van der Waals surface area contributed by atoms with Crippen LogP contribution < -0.4 is 21.3 Å².